The predicted molar refractivity (Wildman–Crippen MR) is 80.3 cm³/mol. The molecule has 0 amide bonds. The highest BCUT2D eigenvalue weighted by Crippen LogP contribution is 2.25. The van der Waals surface area contributed by atoms with E-state index in [0.717, 1.165) is 18.3 Å². The molecular weight excluding hydrogens is 340 g/mol. The maximum atomic E-state index is 14.0. The van der Waals surface area contributed by atoms with Crippen LogP contribution in [0.1, 0.15) is 31.1 Å². The van der Waals surface area contributed by atoms with Crippen molar-refractivity contribution in [3.63, 3.8) is 0 Å². The van der Waals surface area contributed by atoms with Crippen molar-refractivity contribution in [1.29, 1.82) is 0 Å². The first-order valence-electron chi connectivity index (χ1n) is 7.24. The van der Waals surface area contributed by atoms with E-state index in [-0.39, 0.29) is 12.2 Å². The van der Waals surface area contributed by atoms with Gasteiger partial charge in [-0.05, 0) is 19.1 Å². The average Bonchev–Trinajstić information content (AvgIpc) is 2.47. The molecule has 1 heterocycles. The van der Waals surface area contributed by atoms with E-state index < -0.39 is 46.6 Å². The Bertz CT molecular complexity index is 727. The number of rotatable bonds is 4. The zero-order chi connectivity index (χ0) is 18.8. The van der Waals surface area contributed by atoms with Gasteiger partial charge in [0.1, 0.15) is 5.69 Å². The van der Waals surface area contributed by atoms with Crippen LogP contribution < -0.4 is 5.32 Å². The molecule has 1 fully saturated rings. The molecule has 1 aliphatic heterocycles. The van der Waals surface area contributed by atoms with Crippen molar-refractivity contribution in [2.75, 3.05) is 11.9 Å². The average molecular weight is 355 g/mol. The Morgan fingerprint density at radius 2 is 1.72 bits per heavy atom. The third-order valence-corrected chi connectivity index (χ3v) is 3.03. The normalized spacial score (nSPS) is 16.0. The minimum Gasteiger partial charge on any atom is -0.462 e. The molecule has 7 nitrogen and oxygen atoms in total. The first kappa shape index (κ1) is 18.4. The van der Waals surface area contributed by atoms with E-state index in [1.807, 2.05) is 0 Å². The molecule has 0 spiro atoms. The number of hydrogen-bond donors (Lipinski definition) is 1. The molecule has 134 valence electrons. The molecule has 1 aliphatic rings. The van der Waals surface area contributed by atoms with E-state index in [1.165, 1.54) is 13.8 Å². The van der Waals surface area contributed by atoms with Crippen molar-refractivity contribution in [2.24, 2.45) is 0 Å². The number of anilines is 1. The lowest BCUT2D eigenvalue weighted by molar-refractivity contribution is -0.222. The third-order valence-electron chi connectivity index (χ3n) is 3.03. The second-order valence-corrected chi connectivity index (χ2v) is 5.42. The van der Waals surface area contributed by atoms with Crippen molar-refractivity contribution in [3.05, 3.63) is 41.1 Å². The van der Waals surface area contributed by atoms with Crippen LogP contribution in [0.5, 0.6) is 0 Å². The second kappa shape index (κ2) is 6.88. The summed E-state index contributed by atoms with van der Waals surface area (Å²) in [6, 6.07) is 1.53. The maximum absolute atomic E-state index is 14.0. The second-order valence-electron chi connectivity index (χ2n) is 5.42. The Morgan fingerprint density at radius 1 is 1.20 bits per heavy atom. The Hall–Kier alpha value is -2.97. The van der Waals surface area contributed by atoms with E-state index in [0.29, 0.717) is 0 Å². The molecule has 1 aromatic rings. The molecule has 1 N–H and O–H groups in total. The SMILES string of the molecule is CCOC(=O)c1cc(F)c(NC=C2C(=O)OC(C)(C)OC2=O)c(F)c1. The monoisotopic (exact) mass is 355 g/mol. The number of carbonyl (C=O) groups is 3. The van der Waals surface area contributed by atoms with Gasteiger partial charge in [-0.25, -0.2) is 23.2 Å². The summed E-state index contributed by atoms with van der Waals surface area (Å²) >= 11 is 0. The molecule has 25 heavy (non-hydrogen) atoms. The maximum Gasteiger partial charge on any atom is 0.350 e. The third kappa shape index (κ3) is 4.11. The van der Waals surface area contributed by atoms with Crippen molar-refractivity contribution < 1.29 is 37.4 Å². The van der Waals surface area contributed by atoms with Crippen LogP contribution in [-0.2, 0) is 23.8 Å². The van der Waals surface area contributed by atoms with Crippen LogP contribution in [-0.4, -0.2) is 30.3 Å². The van der Waals surface area contributed by atoms with E-state index >= 15 is 0 Å². The first-order valence-corrected chi connectivity index (χ1v) is 7.24. The summed E-state index contributed by atoms with van der Waals surface area (Å²) < 4.78 is 42.4. The van der Waals surface area contributed by atoms with Crippen LogP contribution >= 0.6 is 0 Å². The van der Waals surface area contributed by atoms with Crippen molar-refractivity contribution in [2.45, 2.75) is 26.6 Å². The summed E-state index contributed by atoms with van der Waals surface area (Å²) in [6.07, 6.45) is 0.769. The van der Waals surface area contributed by atoms with E-state index in [1.54, 1.807) is 6.92 Å². The van der Waals surface area contributed by atoms with E-state index in [2.05, 4.69) is 10.1 Å². The van der Waals surface area contributed by atoms with Gasteiger partial charge in [-0.2, -0.15) is 0 Å². The highest BCUT2D eigenvalue weighted by atomic mass is 19.1. The van der Waals surface area contributed by atoms with Gasteiger partial charge in [-0.1, -0.05) is 0 Å². The molecule has 0 bridgehead atoms. The minimum absolute atomic E-state index is 0.0503. The molecular formula is C16H15F2NO6. The summed E-state index contributed by atoms with van der Waals surface area (Å²) in [5, 5.41) is 2.17. The van der Waals surface area contributed by atoms with Gasteiger partial charge < -0.3 is 19.5 Å². The summed E-state index contributed by atoms with van der Waals surface area (Å²) in [6.45, 7) is 4.33. The number of hydrogen-bond acceptors (Lipinski definition) is 7. The summed E-state index contributed by atoms with van der Waals surface area (Å²) in [5.74, 6) is -6.54. The number of esters is 3. The molecule has 0 saturated carbocycles. The van der Waals surface area contributed by atoms with Gasteiger partial charge in [0.05, 0.1) is 12.2 Å². The number of ether oxygens (including phenoxy) is 3. The smallest absolute Gasteiger partial charge is 0.350 e. The molecule has 1 aromatic carbocycles. The molecule has 0 unspecified atom stereocenters. The van der Waals surface area contributed by atoms with E-state index in [9.17, 15) is 23.2 Å². The lowest BCUT2D eigenvalue weighted by Crippen LogP contribution is -2.42. The minimum atomic E-state index is -1.43. The Kier molecular flexibility index (Phi) is 5.05. The van der Waals surface area contributed by atoms with Crippen LogP contribution in [0.25, 0.3) is 0 Å². The standard InChI is InChI=1S/C16H15F2NO6/c1-4-23-13(20)8-5-10(17)12(11(18)6-8)19-7-9-14(21)24-16(2,3)25-15(9)22/h5-7,19H,4H2,1-3H3. The van der Waals surface area contributed by atoms with Gasteiger partial charge in [0, 0.05) is 20.0 Å². The van der Waals surface area contributed by atoms with E-state index in [4.69, 9.17) is 9.47 Å². The number of carbonyl (C=O) groups excluding carboxylic acids is 3. The molecule has 9 heteroatoms. The van der Waals surface area contributed by atoms with Crippen LogP contribution in [0, 0.1) is 11.6 Å². The number of halogens is 2. The molecule has 0 radical (unpaired) electrons. The zero-order valence-electron chi connectivity index (χ0n) is 13.6. The highest BCUT2D eigenvalue weighted by molar-refractivity contribution is 6.15. The summed E-state index contributed by atoms with van der Waals surface area (Å²) in [4.78, 5) is 35.0. The zero-order valence-corrected chi connectivity index (χ0v) is 13.6. The topological polar surface area (TPSA) is 90.9 Å². The summed E-state index contributed by atoms with van der Waals surface area (Å²) in [5.41, 5.74) is -1.54. The molecule has 2 rings (SSSR count). The first-order chi connectivity index (χ1) is 11.6. The van der Waals surface area contributed by atoms with Crippen molar-refractivity contribution in [1.82, 2.24) is 0 Å². The number of cyclic esters (lactones) is 2. The number of benzene rings is 1. The van der Waals surface area contributed by atoms with Crippen LogP contribution in [0.3, 0.4) is 0 Å². The Morgan fingerprint density at radius 3 is 2.20 bits per heavy atom. The van der Waals surface area contributed by atoms with Gasteiger partial charge in [-0.3, -0.25) is 0 Å². The van der Waals surface area contributed by atoms with Gasteiger partial charge in [0.2, 0.25) is 0 Å². The Labute approximate surface area is 141 Å². The molecule has 0 aromatic heterocycles. The summed E-state index contributed by atoms with van der Waals surface area (Å²) in [7, 11) is 0. The number of nitrogens with one attached hydrogen (secondary N) is 1. The Balaban J connectivity index is 2.25. The lowest BCUT2D eigenvalue weighted by atomic mass is 10.1. The highest BCUT2D eigenvalue weighted by Gasteiger charge is 2.39. The lowest BCUT2D eigenvalue weighted by Gasteiger charge is -2.29. The molecule has 1 saturated heterocycles. The van der Waals surface area contributed by atoms with Crippen LogP contribution in [0.4, 0.5) is 14.5 Å². The largest absolute Gasteiger partial charge is 0.462 e. The van der Waals surface area contributed by atoms with Crippen LogP contribution in [0.2, 0.25) is 0 Å². The van der Waals surface area contributed by atoms with Gasteiger partial charge in [0.25, 0.3) is 5.79 Å². The van der Waals surface area contributed by atoms with Crippen LogP contribution in [0.15, 0.2) is 23.9 Å². The van der Waals surface area contributed by atoms with Gasteiger partial charge in [0.15, 0.2) is 17.2 Å². The quantitative estimate of drug-likeness (QED) is 0.503. The predicted octanol–water partition coefficient (Wildman–Crippen LogP) is 2.27. The fourth-order valence-electron chi connectivity index (χ4n) is 1.97. The molecule has 0 atom stereocenters. The fraction of sp³-hybridized carbons (Fsp3) is 0.312. The fourth-order valence-corrected chi connectivity index (χ4v) is 1.97. The van der Waals surface area contributed by atoms with Crippen molar-refractivity contribution >= 4 is 23.6 Å². The molecule has 0 aliphatic carbocycles. The van der Waals surface area contributed by atoms with Gasteiger partial charge >= 0.3 is 17.9 Å². The van der Waals surface area contributed by atoms with Crippen molar-refractivity contribution in [3.8, 4) is 0 Å². The van der Waals surface area contributed by atoms with Gasteiger partial charge in [-0.15, -0.1) is 0 Å².